The molecule has 0 N–H and O–H groups in total. The lowest BCUT2D eigenvalue weighted by Gasteiger charge is -2.39. The molecule has 2 fully saturated rings. The first-order valence-electron chi connectivity index (χ1n) is 9.41. The van der Waals surface area contributed by atoms with Crippen LogP contribution in [0.15, 0.2) is 5.16 Å². The van der Waals surface area contributed by atoms with E-state index in [1.54, 1.807) is 0 Å². The second-order valence-electron chi connectivity index (χ2n) is 7.45. The van der Waals surface area contributed by atoms with Gasteiger partial charge in [-0.3, -0.25) is 4.79 Å². The highest BCUT2D eigenvalue weighted by molar-refractivity contribution is 7.99. The van der Waals surface area contributed by atoms with Crippen molar-refractivity contribution < 1.29 is 4.79 Å². The van der Waals surface area contributed by atoms with Crippen LogP contribution in [0.3, 0.4) is 0 Å². The number of carbonyl (C=O) groups is 1. The maximum Gasteiger partial charge on any atom is 0.233 e. The molecule has 0 bridgehead atoms. The van der Waals surface area contributed by atoms with E-state index in [1.165, 1.54) is 50.3 Å². The molecule has 3 rings (SSSR count). The van der Waals surface area contributed by atoms with Crippen LogP contribution in [0.5, 0.6) is 0 Å². The molecule has 0 aromatic carbocycles. The Morgan fingerprint density at radius 2 is 1.71 bits per heavy atom. The van der Waals surface area contributed by atoms with Crippen LogP contribution >= 0.6 is 11.8 Å². The van der Waals surface area contributed by atoms with Gasteiger partial charge in [-0.1, -0.05) is 31.0 Å². The molecule has 1 amide bonds. The molecule has 0 spiro atoms. The highest BCUT2D eigenvalue weighted by Crippen LogP contribution is 2.33. The van der Waals surface area contributed by atoms with Gasteiger partial charge in [0.25, 0.3) is 0 Å². The summed E-state index contributed by atoms with van der Waals surface area (Å²) in [7, 11) is 2.04. The Morgan fingerprint density at radius 1 is 1.04 bits per heavy atom. The van der Waals surface area contributed by atoms with E-state index in [4.69, 9.17) is 0 Å². The number of thioether (sulfide) groups is 1. The van der Waals surface area contributed by atoms with E-state index in [0.29, 0.717) is 23.8 Å². The van der Waals surface area contributed by atoms with Crippen LogP contribution in [-0.2, 0) is 11.8 Å². The zero-order valence-corrected chi connectivity index (χ0v) is 16.0. The molecule has 2 unspecified atom stereocenters. The van der Waals surface area contributed by atoms with Gasteiger partial charge in [0.2, 0.25) is 5.91 Å². The number of carbonyl (C=O) groups excluding carboxylic acids is 1. The van der Waals surface area contributed by atoms with E-state index in [1.807, 2.05) is 7.05 Å². The topological polar surface area (TPSA) is 51.0 Å². The molecule has 0 radical (unpaired) electrons. The second-order valence-corrected chi connectivity index (χ2v) is 8.40. The van der Waals surface area contributed by atoms with Gasteiger partial charge in [0.05, 0.1) is 5.75 Å². The highest BCUT2D eigenvalue weighted by Gasteiger charge is 2.29. The van der Waals surface area contributed by atoms with E-state index in [-0.39, 0.29) is 5.91 Å². The van der Waals surface area contributed by atoms with Crippen molar-refractivity contribution in [1.29, 1.82) is 0 Å². The number of likely N-dealkylation sites (tertiary alicyclic amines) is 1. The van der Waals surface area contributed by atoms with Crippen molar-refractivity contribution in [2.45, 2.75) is 88.4 Å². The Morgan fingerprint density at radius 3 is 2.38 bits per heavy atom. The molecule has 1 saturated heterocycles. The first-order chi connectivity index (χ1) is 11.6. The van der Waals surface area contributed by atoms with Crippen molar-refractivity contribution in [3.05, 3.63) is 5.82 Å². The standard InChI is InChI=1S/C18H30N4OS/c1-13-8-7-9-14(2)22(13)16(23)12-24-18-20-19-17(21(18)3)15-10-5-4-6-11-15/h13-15H,4-12H2,1-3H3. The van der Waals surface area contributed by atoms with Crippen molar-refractivity contribution in [1.82, 2.24) is 19.7 Å². The molecule has 1 saturated carbocycles. The van der Waals surface area contributed by atoms with Gasteiger partial charge in [-0.15, -0.1) is 10.2 Å². The molecule has 1 aromatic heterocycles. The third-order valence-electron chi connectivity index (χ3n) is 5.65. The lowest BCUT2D eigenvalue weighted by molar-refractivity contribution is -0.134. The molecular formula is C18H30N4OS. The molecule has 5 nitrogen and oxygen atoms in total. The summed E-state index contributed by atoms with van der Waals surface area (Å²) in [5, 5.41) is 9.65. The molecule has 6 heteroatoms. The summed E-state index contributed by atoms with van der Waals surface area (Å²) in [6.45, 7) is 4.34. The number of amides is 1. The van der Waals surface area contributed by atoms with Crippen molar-refractivity contribution in [3.63, 3.8) is 0 Å². The van der Waals surface area contributed by atoms with Crippen LogP contribution in [0.4, 0.5) is 0 Å². The SMILES string of the molecule is CC1CCCC(C)N1C(=O)CSc1nnc(C2CCCCC2)n1C. The fourth-order valence-electron chi connectivity index (χ4n) is 4.28. The van der Waals surface area contributed by atoms with E-state index >= 15 is 0 Å². The van der Waals surface area contributed by atoms with Crippen LogP contribution in [-0.4, -0.2) is 43.4 Å². The van der Waals surface area contributed by atoms with Crippen molar-refractivity contribution in [2.75, 3.05) is 5.75 Å². The quantitative estimate of drug-likeness (QED) is 0.776. The maximum atomic E-state index is 12.7. The highest BCUT2D eigenvalue weighted by atomic mass is 32.2. The number of aromatic nitrogens is 3. The second kappa shape index (κ2) is 7.89. The Labute approximate surface area is 149 Å². The van der Waals surface area contributed by atoms with E-state index < -0.39 is 0 Å². The number of hydrogen-bond donors (Lipinski definition) is 0. The van der Waals surface area contributed by atoms with E-state index in [2.05, 4.69) is 33.5 Å². The number of hydrogen-bond acceptors (Lipinski definition) is 4. The molecule has 2 atom stereocenters. The minimum Gasteiger partial charge on any atom is -0.337 e. The summed E-state index contributed by atoms with van der Waals surface area (Å²) in [6, 6.07) is 0.721. The molecule has 24 heavy (non-hydrogen) atoms. The predicted molar refractivity (Wildman–Crippen MR) is 97.2 cm³/mol. The van der Waals surface area contributed by atoms with Gasteiger partial charge >= 0.3 is 0 Å². The third-order valence-corrected chi connectivity index (χ3v) is 6.65. The fraction of sp³-hybridized carbons (Fsp3) is 0.833. The molecule has 2 aliphatic rings. The number of nitrogens with zero attached hydrogens (tertiary/aromatic N) is 4. The molecule has 1 aliphatic carbocycles. The van der Waals surface area contributed by atoms with Crippen LogP contribution in [0.25, 0.3) is 0 Å². The minimum absolute atomic E-state index is 0.238. The van der Waals surface area contributed by atoms with Gasteiger partial charge in [0.15, 0.2) is 5.16 Å². The summed E-state index contributed by atoms with van der Waals surface area (Å²) in [5.74, 6) is 2.35. The van der Waals surface area contributed by atoms with Gasteiger partial charge in [0.1, 0.15) is 5.82 Å². The largest absolute Gasteiger partial charge is 0.337 e. The van der Waals surface area contributed by atoms with Crippen LogP contribution < -0.4 is 0 Å². The van der Waals surface area contributed by atoms with E-state index in [0.717, 1.165) is 23.8 Å². The van der Waals surface area contributed by atoms with Crippen LogP contribution in [0, 0.1) is 0 Å². The Kier molecular flexibility index (Phi) is 5.85. The van der Waals surface area contributed by atoms with Crippen molar-refractivity contribution in [2.24, 2.45) is 7.05 Å². The first-order valence-corrected chi connectivity index (χ1v) is 10.4. The smallest absolute Gasteiger partial charge is 0.233 e. The summed E-state index contributed by atoms with van der Waals surface area (Å²) in [5.41, 5.74) is 0. The van der Waals surface area contributed by atoms with Gasteiger partial charge in [-0.25, -0.2) is 0 Å². The summed E-state index contributed by atoms with van der Waals surface area (Å²) in [6.07, 6.45) is 9.85. The van der Waals surface area contributed by atoms with Gasteiger partial charge < -0.3 is 9.47 Å². The Balaban J connectivity index is 1.60. The zero-order chi connectivity index (χ0) is 17.1. The average molecular weight is 351 g/mol. The minimum atomic E-state index is 0.238. The lowest BCUT2D eigenvalue weighted by atomic mass is 9.89. The van der Waals surface area contributed by atoms with Crippen LogP contribution in [0.2, 0.25) is 0 Å². The third kappa shape index (κ3) is 3.79. The van der Waals surface area contributed by atoms with E-state index in [9.17, 15) is 4.79 Å². The summed E-state index contributed by atoms with van der Waals surface area (Å²) >= 11 is 1.54. The van der Waals surface area contributed by atoms with Gasteiger partial charge in [0, 0.05) is 25.0 Å². The van der Waals surface area contributed by atoms with Crippen LogP contribution in [0.1, 0.15) is 77.0 Å². The molecule has 1 aliphatic heterocycles. The number of rotatable bonds is 4. The maximum absolute atomic E-state index is 12.7. The summed E-state index contributed by atoms with van der Waals surface area (Å²) < 4.78 is 2.11. The molecular weight excluding hydrogens is 320 g/mol. The molecule has 134 valence electrons. The average Bonchev–Trinajstić information content (AvgIpc) is 2.94. The Hall–Kier alpha value is -1.04. The fourth-order valence-corrected chi connectivity index (χ4v) is 5.07. The van der Waals surface area contributed by atoms with Gasteiger partial charge in [-0.2, -0.15) is 0 Å². The monoisotopic (exact) mass is 350 g/mol. The molecule has 2 heterocycles. The predicted octanol–water partition coefficient (Wildman–Crippen LogP) is 3.74. The molecule has 1 aromatic rings. The summed E-state index contributed by atoms with van der Waals surface area (Å²) in [4.78, 5) is 14.7. The zero-order valence-electron chi connectivity index (χ0n) is 15.2. The van der Waals surface area contributed by atoms with Crippen molar-refractivity contribution >= 4 is 17.7 Å². The Bertz CT molecular complexity index is 557. The number of piperidine rings is 1. The lowest BCUT2D eigenvalue weighted by Crippen LogP contribution is -2.48. The van der Waals surface area contributed by atoms with Crippen molar-refractivity contribution in [3.8, 4) is 0 Å². The van der Waals surface area contributed by atoms with Gasteiger partial charge in [-0.05, 0) is 46.0 Å². The normalized spacial score (nSPS) is 25.9. The first kappa shape index (κ1) is 17.8.